The molecule has 3 fully saturated rings. The standard InChI is InChI=1S/C31H40ClN3O2/c1-37-28-13-12-26(32)29-24(28)17-33-19-31(29)20-34-18-25(31)30(36)35-15-14-23(21-8-4-2-5-9-21)16-27(35)22-10-6-3-7-11-22/h2,4-5,8-9,12-13,22-23,25,27,33-34H,3,6-7,10-11,14-20H2,1H3/t23-,25?,27+,31-/m1/s1. The highest BCUT2D eigenvalue weighted by molar-refractivity contribution is 6.31. The zero-order chi connectivity index (χ0) is 25.4. The van der Waals surface area contributed by atoms with Crippen LogP contribution in [0.1, 0.15) is 67.6 Å². The zero-order valence-corrected chi connectivity index (χ0v) is 22.7. The van der Waals surface area contributed by atoms with Gasteiger partial charge in [0.15, 0.2) is 0 Å². The molecule has 2 saturated heterocycles. The van der Waals surface area contributed by atoms with E-state index in [9.17, 15) is 4.79 Å². The Labute approximate surface area is 226 Å². The average Bonchev–Trinajstić information content (AvgIpc) is 3.37. The minimum Gasteiger partial charge on any atom is -0.496 e. The van der Waals surface area contributed by atoms with Gasteiger partial charge in [0.1, 0.15) is 5.75 Å². The Bertz CT molecular complexity index is 1120. The summed E-state index contributed by atoms with van der Waals surface area (Å²) in [6.45, 7) is 3.77. The van der Waals surface area contributed by atoms with Crippen molar-refractivity contribution in [2.24, 2.45) is 11.8 Å². The number of halogens is 1. The molecule has 1 amide bonds. The number of rotatable bonds is 4. The molecule has 0 bridgehead atoms. The lowest BCUT2D eigenvalue weighted by Crippen LogP contribution is -2.57. The van der Waals surface area contributed by atoms with Crippen molar-refractivity contribution in [3.63, 3.8) is 0 Å². The maximum absolute atomic E-state index is 14.6. The van der Waals surface area contributed by atoms with E-state index in [0.29, 0.717) is 30.3 Å². The van der Waals surface area contributed by atoms with E-state index in [1.165, 1.54) is 37.7 Å². The van der Waals surface area contributed by atoms with Crippen molar-refractivity contribution >= 4 is 17.5 Å². The van der Waals surface area contributed by atoms with Gasteiger partial charge in [0, 0.05) is 54.8 Å². The van der Waals surface area contributed by atoms with Crippen LogP contribution in [0.15, 0.2) is 42.5 Å². The molecule has 4 aliphatic rings. The van der Waals surface area contributed by atoms with E-state index in [1.807, 2.05) is 12.1 Å². The maximum Gasteiger partial charge on any atom is 0.228 e. The molecule has 6 rings (SSSR count). The minimum absolute atomic E-state index is 0.136. The molecule has 1 saturated carbocycles. The third-order valence-corrected chi connectivity index (χ3v) is 10.1. The van der Waals surface area contributed by atoms with Crippen molar-refractivity contribution in [2.75, 3.05) is 33.3 Å². The van der Waals surface area contributed by atoms with Gasteiger partial charge in [-0.2, -0.15) is 0 Å². The Morgan fingerprint density at radius 3 is 2.59 bits per heavy atom. The number of hydrogen-bond acceptors (Lipinski definition) is 4. The van der Waals surface area contributed by atoms with Gasteiger partial charge in [0.2, 0.25) is 5.91 Å². The molecule has 4 atom stereocenters. The highest BCUT2D eigenvalue weighted by Gasteiger charge is 2.54. The van der Waals surface area contributed by atoms with E-state index >= 15 is 0 Å². The Hall–Kier alpha value is -2.08. The van der Waals surface area contributed by atoms with Crippen LogP contribution in [0.25, 0.3) is 0 Å². The van der Waals surface area contributed by atoms with Gasteiger partial charge in [0.05, 0.1) is 13.0 Å². The van der Waals surface area contributed by atoms with Crippen LogP contribution in [0.3, 0.4) is 0 Å². The number of hydrogen-bond donors (Lipinski definition) is 2. The number of methoxy groups -OCH3 is 1. The lowest BCUT2D eigenvalue weighted by atomic mass is 9.67. The van der Waals surface area contributed by atoms with Crippen LogP contribution < -0.4 is 15.4 Å². The Kier molecular flexibility index (Phi) is 7.22. The van der Waals surface area contributed by atoms with Crippen LogP contribution in [-0.4, -0.2) is 50.1 Å². The van der Waals surface area contributed by atoms with Crippen molar-refractivity contribution in [1.29, 1.82) is 0 Å². The van der Waals surface area contributed by atoms with Crippen LogP contribution in [-0.2, 0) is 16.8 Å². The SMILES string of the molecule is COc1ccc(Cl)c2c1CNC[C@]21CNCC1C(=O)N1CC[C@@H](c2ccccc2)C[C@H]1C1CCCCC1. The number of nitrogens with one attached hydrogen (secondary N) is 2. The molecule has 2 N–H and O–H groups in total. The second kappa shape index (κ2) is 10.6. The second-order valence-corrected chi connectivity index (χ2v) is 12.1. The van der Waals surface area contributed by atoms with Gasteiger partial charge in [-0.05, 0) is 60.8 Å². The van der Waals surface area contributed by atoms with Crippen molar-refractivity contribution < 1.29 is 9.53 Å². The number of carbonyl (C=O) groups excluding carboxylic acids is 1. The fraction of sp³-hybridized carbons (Fsp3) is 0.581. The van der Waals surface area contributed by atoms with E-state index in [4.69, 9.17) is 16.3 Å². The Morgan fingerprint density at radius 1 is 1.03 bits per heavy atom. The number of nitrogens with zero attached hydrogens (tertiary/aromatic N) is 1. The summed E-state index contributed by atoms with van der Waals surface area (Å²) in [5.74, 6) is 2.18. The number of carbonyl (C=O) groups is 1. The number of piperidine rings is 1. The monoisotopic (exact) mass is 521 g/mol. The van der Waals surface area contributed by atoms with Crippen molar-refractivity contribution in [2.45, 2.75) is 68.9 Å². The first kappa shape index (κ1) is 25.2. The highest BCUT2D eigenvalue weighted by atomic mass is 35.5. The molecule has 3 aliphatic heterocycles. The molecular weight excluding hydrogens is 482 g/mol. The van der Waals surface area contributed by atoms with Crippen molar-refractivity contribution in [1.82, 2.24) is 15.5 Å². The molecule has 1 aliphatic carbocycles. The molecule has 198 valence electrons. The molecule has 3 heterocycles. The average molecular weight is 522 g/mol. The smallest absolute Gasteiger partial charge is 0.228 e. The third kappa shape index (κ3) is 4.47. The lowest BCUT2D eigenvalue weighted by molar-refractivity contribution is -0.142. The first-order valence-electron chi connectivity index (χ1n) is 14.2. The van der Waals surface area contributed by atoms with Crippen LogP contribution in [0.5, 0.6) is 5.75 Å². The number of fused-ring (bicyclic) bond motifs is 2. The summed E-state index contributed by atoms with van der Waals surface area (Å²) in [5.41, 5.74) is 3.29. The van der Waals surface area contributed by atoms with E-state index in [1.54, 1.807) is 7.11 Å². The molecule has 37 heavy (non-hydrogen) atoms. The Balaban J connectivity index is 1.33. The van der Waals surface area contributed by atoms with E-state index in [2.05, 4.69) is 45.9 Å². The molecule has 1 spiro atoms. The number of likely N-dealkylation sites (tertiary alicyclic amines) is 1. The molecule has 6 heteroatoms. The lowest BCUT2D eigenvalue weighted by Gasteiger charge is -2.48. The summed E-state index contributed by atoms with van der Waals surface area (Å²) in [6.07, 6.45) is 8.53. The summed E-state index contributed by atoms with van der Waals surface area (Å²) >= 11 is 6.90. The quantitative estimate of drug-likeness (QED) is 0.576. The summed E-state index contributed by atoms with van der Waals surface area (Å²) in [5, 5.41) is 7.97. The van der Waals surface area contributed by atoms with Gasteiger partial charge in [0.25, 0.3) is 0 Å². The summed E-state index contributed by atoms with van der Waals surface area (Å²) < 4.78 is 5.72. The molecule has 2 aromatic carbocycles. The zero-order valence-electron chi connectivity index (χ0n) is 22.0. The normalized spacial score (nSPS) is 30.3. The predicted molar refractivity (Wildman–Crippen MR) is 148 cm³/mol. The van der Waals surface area contributed by atoms with Crippen LogP contribution in [0, 0.1) is 11.8 Å². The molecular formula is C31H40ClN3O2. The topological polar surface area (TPSA) is 53.6 Å². The molecule has 0 radical (unpaired) electrons. The summed E-state index contributed by atoms with van der Waals surface area (Å²) in [6, 6.07) is 15.2. The molecule has 5 nitrogen and oxygen atoms in total. The first-order chi connectivity index (χ1) is 18.1. The van der Waals surface area contributed by atoms with E-state index < -0.39 is 0 Å². The van der Waals surface area contributed by atoms with Crippen molar-refractivity contribution in [3.05, 3.63) is 64.2 Å². The maximum atomic E-state index is 14.6. The third-order valence-electron chi connectivity index (χ3n) is 9.83. The fourth-order valence-corrected chi connectivity index (χ4v) is 8.36. The highest BCUT2D eigenvalue weighted by Crippen LogP contribution is 2.48. The van der Waals surface area contributed by atoms with Crippen molar-refractivity contribution in [3.8, 4) is 5.75 Å². The van der Waals surface area contributed by atoms with Gasteiger partial charge in [-0.3, -0.25) is 4.79 Å². The number of amides is 1. The van der Waals surface area contributed by atoms with Crippen LogP contribution in [0.2, 0.25) is 5.02 Å². The van der Waals surface area contributed by atoms with Crippen LogP contribution >= 0.6 is 11.6 Å². The van der Waals surface area contributed by atoms with Gasteiger partial charge in [-0.1, -0.05) is 61.2 Å². The Morgan fingerprint density at radius 2 is 1.81 bits per heavy atom. The number of benzene rings is 2. The second-order valence-electron chi connectivity index (χ2n) is 11.7. The van der Waals surface area contributed by atoms with E-state index in [0.717, 1.165) is 60.9 Å². The number of ether oxygens (including phenoxy) is 1. The van der Waals surface area contributed by atoms with E-state index in [-0.39, 0.29) is 11.3 Å². The minimum atomic E-state index is -0.357. The van der Waals surface area contributed by atoms with Gasteiger partial charge in [-0.15, -0.1) is 0 Å². The predicted octanol–water partition coefficient (Wildman–Crippen LogP) is 5.26. The van der Waals surface area contributed by atoms with Gasteiger partial charge >= 0.3 is 0 Å². The largest absolute Gasteiger partial charge is 0.496 e. The molecule has 0 aromatic heterocycles. The summed E-state index contributed by atoms with van der Waals surface area (Å²) in [4.78, 5) is 16.9. The first-order valence-corrected chi connectivity index (χ1v) is 14.6. The van der Waals surface area contributed by atoms with Gasteiger partial charge < -0.3 is 20.3 Å². The molecule has 2 aromatic rings. The molecule has 1 unspecified atom stereocenters. The summed E-state index contributed by atoms with van der Waals surface area (Å²) in [7, 11) is 1.71. The van der Waals surface area contributed by atoms with Gasteiger partial charge in [-0.25, -0.2) is 0 Å². The van der Waals surface area contributed by atoms with Crippen LogP contribution in [0.4, 0.5) is 0 Å². The fourth-order valence-electron chi connectivity index (χ4n) is 8.00.